The van der Waals surface area contributed by atoms with Crippen LogP contribution in [0.5, 0.6) is 0 Å². The van der Waals surface area contributed by atoms with Gasteiger partial charge in [0, 0.05) is 61.7 Å². The molecule has 0 atom stereocenters. The molecule has 4 nitrogen and oxygen atoms in total. The first-order valence-corrected chi connectivity index (χ1v) is 9.48. The van der Waals surface area contributed by atoms with Crippen molar-refractivity contribution in [3.63, 3.8) is 0 Å². The Hall–Kier alpha value is -2.66. The average Bonchev–Trinajstić information content (AvgIpc) is 2.70. The number of fused-ring (bicyclic) bond motifs is 1. The summed E-state index contributed by atoms with van der Waals surface area (Å²) in [5, 5.41) is 0. The first-order chi connectivity index (χ1) is 13.2. The van der Waals surface area contributed by atoms with Crippen LogP contribution < -0.4 is 0 Å². The summed E-state index contributed by atoms with van der Waals surface area (Å²) in [5.74, 6) is 0.733. The molecule has 0 radical (unpaired) electrons. The minimum absolute atomic E-state index is 0.230. The summed E-state index contributed by atoms with van der Waals surface area (Å²) in [7, 11) is 0. The Bertz CT molecular complexity index is 907. The first-order valence-electron chi connectivity index (χ1n) is 9.48. The summed E-state index contributed by atoms with van der Waals surface area (Å²) in [6.07, 6.45) is 6.90. The largest absolute Gasteiger partial charge is 0.294 e. The van der Waals surface area contributed by atoms with Crippen molar-refractivity contribution in [3.8, 4) is 11.3 Å². The third-order valence-electron chi connectivity index (χ3n) is 4.91. The SMILES string of the molecule is CCCc1ncc2c(n1)CCN(Cc1ccc(-c3ccc(F)cc3)nc1)C2. The summed E-state index contributed by atoms with van der Waals surface area (Å²) in [5.41, 5.74) is 5.40. The van der Waals surface area contributed by atoms with Crippen LogP contribution in [0.15, 0.2) is 48.8 Å². The fourth-order valence-electron chi connectivity index (χ4n) is 3.46. The molecule has 0 fully saturated rings. The maximum atomic E-state index is 13.1. The van der Waals surface area contributed by atoms with Gasteiger partial charge in [-0.05, 0) is 42.3 Å². The van der Waals surface area contributed by atoms with Gasteiger partial charge in [0.05, 0.1) is 5.69 Å². The molecule has 1 aliphatic rings. The second-order valence-electron chi connectivity index (χ2n) is 7.03. The van der Waals surface area contributed by atoms with Gasteiger partial charge in [-0.25, -0.2) is 14.4 Å². The average molecular weight is 362 g/mol. The minimum Gasteiger partial charge on any atom is -0.294 e. The smallest absolute Gasteiger partial charge is 0.128 e. The number of pyridine rings is 1. The van der Waals surface area contributed by atoms with Crippen LogP contribution in [-0.4, -0.2) is 26.4 Å². The molecular weight excluding hydrogens is 339 g/mol. The molecule has 3 aromatic rings. The number of hydrogen-bond acceptors (Lipinski definition) is 4. The molecule has 1 aliphatic heterocycles. The van der Waals surface area contributed by atoms with Crippen LogP contribution in [-0.2, 0) is 25.9 Å². The van der Waals surface area contributed by atoms with Gasteiger partial charge in [-0.15, -0.1) is 0 Å². The van der Waals surface area contributed by atoms with E-state index in [-0.39, 0.29) is 5.82 Å². The maximum Gasteiger partial charge on any atom is 0.128 e. The van der Waals surface area contributed by atoms with E-state index in [0.717, 1.165) is 56.0 Å². The van der Waals surface area contributed by atoms with Crippen LogP contribution in [0.2, 0.25) is 0 Å². The zero-order valence-electron chi connectivity index (χ0n) is 15.5. The molecule has 0 amide bonds. The van der Waals surface area contributed by atoms with Gasteiger partial charge < -0.3 is 0 Å². The van der Waals surface area contributed by atoms with Crippen LogP contribution in [0.4, 0.5) is 4.39 Å². The van der Waals surface area contributed by atoms with E-state index in [1.54, 1.807) is 12.1 Å². The van der Waals surface area contributed by atoms with Crippen LogP contribution >= 0.6 is 0 Å². The van der Waals surface area contributed by atoms with E-state index in [4.69, 9.17) is 4.98 Å². The number of hydrogen-bond donors (Lipinski definition) is 0. The van der Waals surface area contributed by atoms with Gasteiger partial charge in [0.15, 0.2) is 0 Å². The van der Waals surface area contributed by atoms with E-state index in [1.807, 2.05) is 18.5 Å². The molecule has 0 N–H and O–H groups in total. The van der Waals surface area contributed by atoms with Crippen molar-refractivity contribution in [2.24, 2.45) is 0 Å². The lowest BCUT2D eigenvalue weighted by molar-refractivity contribution is 0.242. The van der Waals surface area contributed by atoms with Crippen LogP contribution in [0.25, 0.3) is 11.3 Å². The van der Waals surface area contributed by atoms with Crippen molar-refractivity contribution in [2.45, 2.75) is 39.3 Å². The van der Waals surface area contributed by atoms with Crippen molar-refractivity contribution < 1.29 is 4.39 Å². The molecule has 138 valence electrons. The highest BCUT2D eigenvalue weighted by Gasteiger charge is 2.18. The van der Waals surface area contributed by atoms with Gasteiger partial charge >= 0.3 is 0 Å². The highest BCUT2D eigenvalue weighted by atomic mass is 19.1. The molecule has 4 rings (SSSR count). The molecular formula is C22H23FN4. The Morgan fingerprint density at radius 1 is 1.04 bits per heavy atom. The predicted octanol–water partition coefficient (Wildman–Crippen LogP) is 4.19. The lowest BCUT2D eigenvalue weighted by atomic mass is 10.1. The second kappa shape index (κ2) is 7.92. The normalized spacial score (nSPS) is 14.1. The van der Waals surface area contributed by atoms with Gasteiger partial charge in [-0.2, -0.15) is 0 Å². The number of aryl methyl sites for hydroxylation is 1. The Labute approximate surface area is 159 Å². The third-order valence-corrected chi connectivity index (χ3v) is 4.91. The molecule has 0 aliphatic carbocycles. The highest BCUT2D eigenvalue weighted by molar-refractivity contribution is 5.58. The number of halogens is 1. The first kappa shape index (κ1) is 17.7. The van der Waals surface area contributed by atoms with E-state index in [0.29, 0.717) is 0 Å². The third kappa shape index (κ3) is 4.19. The minimum atomic E-state index is -0.230. The van der Waals surface area contributed by atoms with Crippen molar-refractivity contribution in [1.82, 2.24) is 19.9 Å². The lowest BCUT2D eigenvalue weighted by Gasteiger charge is -2.28. The van der Waals surface area contributed by atoms with Crippen molar-refractivity contribution in [1.29, 1.82) is 0 Å². The van der Waals surface area contributed by atoms with Crippen molar-refractivity contribution in [2.75, 3.05) is 6.54 Å². The second-order valence-corrected chi connectivity index (χ2v) is 7.03. The van der Waals surface area contributed by atoms with E-state index in [2.05, 4.69) is 27.9 Å². The molecule has 0 spiro atoms. The predicted molar refractivity (Wildman–Crippen MR) is 103 cm³/mol. The number of rotatable bonds is 5. The van der Waals surface area contributed by atoms with Gasteiger partial charge in [-0.1, -0.05) is 13.0 Å². The van der Waals surface area contributed by atoms with Crippen LogP contribution in [0, 0.1) is 5.82 Å². The van der Waals surface area contributed by atoms with Gasteiger partial charge in [-0.3, -0.25) is 9.88 Å². The van der Waals surface area contributed by atoms with E-state index < -0.39 is 0 Å². The summed E-state index contributed by atoms with van der Waals surface area (Å²) in [4.78, 5) is 16.2. The van der Waals surface area contributed by atoms with E-state index in [1.165, 1.54) is 29.0 Å². The zero-order valence-corrected chi connectivity index (χ0v) is 15.5. The number of aromatic nitrogens is 3. The Kier molecular flexibility index (Phi) is 5.21. The molecule has 2 aromatic heterocycles. The van der Waals surface area contributed by atoms with Gasteiger partial charge in [0.2, 0.25) is 0 Å². The van der Waals surface area contributed by atoms with Crippen molar-refractivity contribution in [3.05, 3.63) is 77.3 Å². The molecule has 0 bridgehead atoms. The van der Waals surface area contributed by atoms with Crippen molar-refractivity contribution >= 4 is 0 Å². The molecule has 3 heterocycles. The molecule has 0 saturated carbocycles. The zero-order chi connectivity index (χ0) is 18.6. The Morgan fingerprint density at radius 2 is 1.89 bits per heavy atom. The quantitative estimate of drug-likeness (QED) is 0.683. The standard InChI is InChI=1S/C22H23FN4/c1-2-3-22-25-13-18-15-27(11-10-21(18)26-22)14-16-4-9-20(24-12-16)17-5-7-19(23)8-6-17/h4-9,12-13H,2-3,10-11,14-15H2,1H3. The molecule has 0 saturated heterocycles. The fourth-order valence-corrected chi connectivity index (χ4v) is 3.46. The molecule has 27 heavy (non-hydrogen) atoms. The Balaban J connectivity index is 1.42. The summed E-state index contributed by atoms with van der Waals surface area (Å²) in [6.45, 7) is 4.88. The van der Waals surface area contributed by atoms with E-state index >= 15 is 0 Å². The molecule has 0 unspecified atom stereocenters. The van der Waals surface area contributed by atoms with E-state index in [9.17, 15) is 4.39 Å². The number of nitrogens with zero attached hydrogens (tertiary/aromatic N) is 4. The molecule has 5 heteroatoms. The monoisotopic (exact) mass is 362 g/mol. The molecule has 1 aromatic carbocycles. The lowest BCUT2D eigenvalue weighted by Crippen LogP contribution is -2.31. The summed E-state index contributed by atoms with van der Waals surface area (Å²) >= 11 is 0. The number of benzene rings is 1. The summed E-state index contributed by atoms with van der Waals surface area (Å²) < 4.78 is 13.1. The maximum absolute atomic E-state index is 13.1. The van der Waals surface area contributed by atoms with Crippen LogP contribution in [0.1, 0.15) is 36.0 Å². The topological polar surface area (TPSA) is 41.9 Å². The Morgan fingerprint density at radius 3 is 2.63 bits per heavy atom. The van der Waals surface area contributed by atoms with Gasteiger partial charge in [0.1, 0.15) is 11.6 Å². The summed E-state index contributed by atoms with van der Waals surface area (Å²) in [6, 6.07) is 10.5. The van der Waals surface area contributed by atoms with Gasteiger partial charge in [0.25, 0.3) is 0 Å². The highest BCUT2D eigenvalue weighted by Crippen LogP contribution is 2.21. The fraction of sp³-hybridized carbons (Fsp3) is 0.318. The van der Waals surface area contributed by atoms with Crippen LogP contribution in [0.3, 0.4) is 0 Å².